The molecule has 0 saturated heterocycles. The number of hydrazone groups is 1. The van der Waals surface area contributed by atoms with Crippen LogP contribution in [0.3, 0.4) is 0 Å². The summed E-state index contributed by atoms with van der Waals surface area (Å²) in [6, 6.07) is 12.9. The maximum absolute atomic E-state index is 11.3. The molecular formula is C19H18ClN5O3. The quantitative estimate of drug-likeness (QED) is 0.467. The topological polar surface area (TPSA) is 101 Å². The summed E-state index contributed by atoms with van der Waals surface area (Å²) in [5.74, 6) is 1.34. The van der Waals surface area contributed by atoms with Crippen LogP contribution in [0.1, 0.15) is 16.8 Å². The number of hydrogen-bond acceptors (Lipinski definition) is 7. The summed E-state index contributed by atoms with van der Waals surface area (Å²) in [7, 11) is 1.56. The first-order chi connectivity index (χ1) is 13.6. The summed E-state index contributed by atoms with van der Waals surface area (Å²) in [4.78, 5) is 15.1. The van der Waals surface area contributed by atoms with Crippen molar-refractivity contribution in [3.8, 4) is 11.5 Å². The Balaban J connectivity index is 1.81. The number of aromatic amines is 1. The lowest BCUT2D eigenvalue weighted by Gasteiger charge is -2.14. The molecule has 0 fully saturated rings. The van der Waals surface area contributed by atoms with Gasteiger partial charge in [0.15, 0.2) is 17.3 Å². The first kappa shape index (κ1) is 19.4. The lowest BCUT2D eigenvalue weighted by molar-refractivity contribution is 0.284. The third-order valence-electron chi connectivity index (χ3n) is 3.81. The van der Waals surface area contributed by atoms with Crippen LogP contribution in [-0.4, -0.2) is 28.5 Å². The van der Waals surface area contributed by atoms with Crippen molar-refractivity contribution in [2.24, 2.45) is 5.10 Å². The van der Waals surface area contributed by atoms with E-state index in [4.69, 9.17) is 21.1 Å². The molecule has 0 unspecified atom stereocenters. The Morgan fingerprint density at radius 2 is 2.07 bits per heavy atom. The molecule has 0 saturated carbocycles. The minimum Gasteiger partial charge on any atom is -0.493 e. The summed E-state index contributed by atoms with van der Waals surface area (Å²) in [5.41, 5.74) is 4.19. The van der Waals surface area contributed by atoms with Crippen LogP contribution in [0, 0.1) is 6.92 Å². The predicted octanol–water partition coefficient (Wildman–Crippen LogP) is 3.16. The third kappa shape index (κ3) is 4.66. The Morgan fingerprint density at radius 3 is 2.86 bits per heavy atom. The molecule has 1 heterocycles. The summed E-state index contributed by atoms with van der Waals surface area (Å²) in [6.45, 7) is 1.97. The second-order valence-corrected chi connectivity index (χ2v) is 6.11. The smallest absolute Gasteiger partial charge is 0.363 e. The number of nitrogens with zero attached hydrogens (tertiary/aromatic N) is 3. The van der Waals surface area contributed by atoms with E-state index in [9.17, 15) is 4.79 Å². The molecule has 0 aliphatic rings. The number of aryl methyl sites for hydroxylation is 1. The van der Waals surface area contributed by atoms with Gasteiger partial charge in [-0.3, -0.25) is 5.43 Å². The Bertz CT molecular complexity index is 1050. The van der Waals surface area contributed by atoms with Crippen molar-refractivity contribution >= 4 is 23.6 Å². The molecule has 0 bridgehead atoms. The molecule has 0 aliphatic heterocycles. The molecule has 2 aromatic carbocycles. The lowest BCUT2D eigenvalue weighted by atomic mass is 10.2. The van der Waals surface area contributed by atoms with Crippen molar-refractivity contribution in [3.05, 3.63) is 74.8 Å². The van der Waals surface area contributed by atoms with Crippen LogP contribution >= 0.6 is 11.6 Å². The molecule has 0 spiro atoms. The van der Waals surface area contributed by atoms with E-state index in [2.05, 4.69) is 25.7 Å². The van der Waals surface area contributed by atoms with Crippen LogP contribution in [0.15, 0.2) is 52.4 Å². The lowest BCUT2D eigenvalue weighted by Crippen LogP contribution is -2.15. The van der Waals surface area contributed by atoms with Crippen LogP contribution in [0.4, 0.5) is 5.82 Å². The minimum atomic E-state index is -0.562. The van der Waals surface area contributed by atoms with Crippen molar-refractivity contribution in [2.45, 2.75) is 13.5 Å². The maximum Gasteiger partial charge on any atom is 0.363 e. The van der Waals surface area contributed by atoms with Gasteiger partial charge in [-0.15, -0.1) is 0 Å². The summed E-state index contributed by atoms with van der Waals surface area (Å²) >= 11 is 6.19. The van der Waals surface area contributed by atoms with Gasteiger partial charge in [0.1, 0.15) is 12.3 Å². The molecule has 0 aliphatic carbocycles. The van der Waals surface area contributed by atoms with Gasteiger partial charge in [0.05, 0.1) is 13.3 Å². The van der Waals surface area contributed by atoms with E-state index in [0.717, 1.165) is 5.56 Å². The Hall–Kier alpha value is -3.39. The number of methoxy groups -OCH3 is 1. The second kappa shape index (κ2) is 9.01. The number of H-pyrrole nitrogens is 1. The van der Waals surface area contributed by atoms with Crippen LogP contribution in [-0.2, 0) is 6.61 Å². The number of hydrogen-bond donors (Lipinski definition) is 2. The van der Waals surface area contributed by atoms with Crippen molar-refractivity contribution in [1.82, 2.24) is 15.2 Å². The van der Waals surface area contributed by atoms with E-state index in [1.165, 1.54) is 0 Å². The molecule has 9 heteroatoms. The van der Waals surface area contributed by atoms with Crippen molar-refractivity contribution in [3.63, 3.8) is 0 Å². The highest BCUT2D eigenvalue weighted by molar-refractivity contribution is 6.31. The largest absolute Gasteiger partial charge is 0.493 e. The van der Waals surface area contributed by atoms with Gasteiger partial charge in [0.25, 0.3) is 0 Å². The Kier molecular flexibility index (Phi) is 6.23. The minimum absolute atomic E-state index is 0.265. The third-order valence-corrected chi connectivity index (χ3v) is 4.18. The first-order valence-corrected chi connectivity index (χ1v) is 8.72. The molecule has 0 atom stereocenters. The van der Waals surface area contributed by atoms with Gasteiger partial charge in [-0.25, -0.2) is 9.89 Å². The van der Waals surface area contributed by atoms with Crippen molar-refractivity contribution in [2.75, 3.05) is 12.5 Å². The number of nitrogens with one attached hydrogen (secondary N) is 2. The van der Waals surface area contributed by atoms with E-state index in [0.29, 0.717) is 27.8 Å². The zero-order chi connectivity index (χ0) is 19.9. The summed E-state index contributed by atoms with van der Waals surface area (Å²) < 4.78 is 11.4. The fraction of sp³-hybridized carbons (Fsp3) is 0.158. The van der Waals surface area contributed by atoms with E-state index >= 15 is 0 Å². The van der Waals surface area contributed by atoms with E-state index in [-0.39, 0.29) is 12.4 Å². The maximum atomic E-state index is 11.3. The number of benzene rings is 2. The average Bonchev–Trinajstić information content (AvgIpc) is 2.70. The van der Waals surface area contributed by atoms with Crippen LogP contribution in [0.5, 0.6) is 11.5 Å². The molecule has 3 rings (SSSR count). The van der Waals surface area contributed by atoms with Gasteiger partial charge in [0.2, 0.25) is 0 Å². The standard InChI is InChI=1S/C19H18ClN5O3/c1-12-18(22-19(26)25-23-12)24-21-10-13-7-5-9-16(27-2)17(13)28-11-14-6-3-4-8-15(14)20/h3-10H,11H2,1-2H3,(H2,22,24,25,26)/b21-10-. The SMILES string of the molecule is COc1cccc(/C=N\Nc2nc(=O)[nH]nc2C)c1OCc1ccccc1Cl. The zero-order valence-electron chi connectivity index (χ0n) is 15.3. The molecule has 1 aromatic heterocycles. The molecule has 0 radical (unpaired) electrons. The highest BCUT2D eigenvalue weighted by Gasteiger charge is 2.11. The highest BCUT2D eigenvalue weighted by Crippen LogP contribution is 2.31. The predicted molar refractivity (Wildman–Crippen MR) is 107 cm³/mol. The van der Waals surface area contributed by atoms with Crippen molar-refractivity contribution < 1.29 is 9.47 Å². The number of ether oxygens (including phenoxy) is 2. The zero-order valence-corrected chi connectivity index (χ0v) is 16.0. The fourth-order valence-corrected chi connectivity index (χ4v) is 2.57. The monoisotopic (exact) mass is 399 g/mol. The normalized spacial score (nSPS) is 10.8. The molecule has 144 valence electrons. The van der Waals surface area contributed by atoms with Crippen LogP contribution in [0.2, 0.25) is 5.02 Å². The van der Waals surface area contributed by atoms with Crippen LogP contribution < -0.4 is 20.6 Å². The van der Waals surface area contributed by atoms with E-state index in [1.54, 1.807) is 32.4 Å². The summed E-state index contributed by atoms with van der Waals surface area (Å²) in [6.07, 6.45) is 1.55. The number of aromatic nitrogens is 3. The number of para-hydroxylation sites is 1. The molecular weight excluding hydrogens is 382 g/mol. The van der Waals surface area contributed by atoms with Gasteiger partial charge in [0, 0.05) is 16.1 Å². The first-order valence-electron chi connectivity index (χ1n) is 8.34. The van der Waals surface area contributed by atoms with E-state index < -0.39 is 5.69 Å². The number of rotatable bonds is 7. The summed E-state index contributed by atoms with van der Waals surface area (Å²) in [5, 5.41) is 10.8. The van der Waals surface area contributed by atoms with Gasteiger partial charge < -0.3 is 9.47 Å². The van der Waals surface area contributed by atoms with Gasteiger partial charge in [-0.05, 0) is 25.1 Å². The Labute approximate surface area is 166 Å². The van der Waals surface area contributed by atoms with Crippen LogP contribution in [0.25, 0.3) is 0 Å². The van der Waals surface area contributed by atoms with Crippen molar-refractivity contribution in [1.29, 1.82) is 0 Å². The van der Waals surface area contributed by atoms with Gasteiger partial charge in [-0.2, -0.15) is 15.2 Å². The molecule has 28 heavy (non-hydrogen) atoms. The second-order valence-electron chi connectivity index (χ2n) is 5.70. The molecule has 0 amide bonds. The van der Waals surface area contributed by atoms with Gasteiger partial charge >= 0.3 is 5.69 Å². The van der Waals surface area contributed by atoms with E-state index in [1.807, 2.05) is 30.3 Å². The molecule has 2 N–H and O–H groups in total. The average molecular weight is 400 g/mol. The Morgan fingerprint density at radius 1 is 1.25 bits per heavy atom. The number of halogens is 1. The molecule has 3 aromatic rings. The highest BCUT2D eigenvalue weighted by atomic mass is 35.5. The van der Waals surface area contributed by atoms with Gasteiger partial charge in [-0.1, -0.05) is 35.9 Å². The number of anilines is 1. The molecule has 8 nitrogen and oxygen atoms in total. The fourth-order valence-electron chi connectivity index (χ4n) is 2.38.